The molecule has 1 unspecified atom stereocenters. The highest BCUT2D eigenvalue weighted by Crippen LogP contribution is 2.21. The fourth-order valence-corrected chi connectivity index (χ4v) is 4.63. The summed E-state index contributed by atoms with van der Waals surface area (Å²) in [5.41, 5.74) is 1.26. The quantitative estimate of drug-likeness (QED) is 0.775. The van der Waals surface area contributed by atoms with E-state index in [0.717, 1.165) is 25.2 Å². The molecule has 132 valence electrons. The second kappa shape index (κ2) is 8.09. The molecule has 0 spiro atoms. The summed E-state index contributed by atoms with van der Waals surface area (Å²) in [7, 11) is -1.55. The van der Waals surface area contributed by atoms with Crippen LogP contribution in [0.4, 0.5) is 5.82 Å². The molecule has 0 saturated heterocycles. The van der Waals surface area contributed by atoms with Gasteiger partial charge in [-0.15, -0.1) is 11.3 Å². The largest absolute Gasteiger partial charge is 0.355 e. The van der Waals surface area contributed by atoms with Crippen LogP contribution >= 0.6 is 11.3 Å². The number of hydrogen-bond acceptors (Lipinski definition) is 5. The molecule has 0 aliphatic carbocycles. The van der Waals surface area contributed by atoms with Crippen LogP contribution in [0.5, 0.6) is 0 Å². The lowest BCUT2D eigenvalue weighted by Gasteiger charge is -2.18. The van der Waals surface area contributed by atoms with Crippen molar-refractivity contribution >= 4 is 27.2 Å². The number of anilines is 1. The molecule has 2 rings (SSSR count). The van der Waals surface area contributed by atoms with Crippen LogP contribution in [0.2, 0.25) is 0 Å². The lowest BCUT2D eigenvalue weighted by atomic mass is 10.2. The monoisotopic (exact) mass is 367 g/mol. The number of nitrogens with zero attached hydrogens (tertiary/aromatic N) is 2. The van der Waals surface area contributed by atoms with E-state index in [9.17, 15) is 8.42 Å². The topological polar surface area (TPSA) is 62.3 Å². The molecule has 0 fully saturated rings. The minimum absolute atomic E-state index is 0.0795. The molecule has 0 aliphatic heterocycles. The van der Waals surface area contributed by atoms with Crippen molar-refractivity contribution < 1.29 is 8.42 Å². The van der Waals surface area contributed by atoms with Gasteiger partial charge < -0.3 is 4.90 Å². The summed E-state index contributed by atoms with van der Waals surface area (Å²) in [4.78, 5) is 7.82. The molecular weight excluding hydrogens is 342 g/mol. The minimum atomic E-state index is -3.51. The molecule has 2 aromatic heterocycles. The number of rotatable bonds is 8. The molecular formula is C17H25N3O2S2. The standard InChI is InChI=1S/C17H25N3O2S2/c1-5-6-14(3)19-24(21,22)15-7-8-17(18-11-15)20(4)12-16-13(2)9-10-23-16/h7-11,14,19H,5-6,12H2,1-4H3. The molecule has 1 N–H and O–H groups in total. The van der Waals surface area contributed by atoms with E-state index in [1.54, 1.807) is 23.5 Å². The molecule has 0 saturated carbocycles. The lowest BCUT2D eigenvalue weighted by molar-refractivity contribution is 0.543. The summed E-state index contributed by atoms with van der Waals surface area (Å²) < 4.78 is 27.4. The van der Waals surface area contributed by atoms with Crippen molar-refractivity contribution in [2.75, 3.05) is 11.9 Å². The predicted octanol–water partition coefficient (Wildman–Crippen LogP) is 3.55. The third-order valence-electron chi connectivity index (χ3n) is 3.85. The van der Waals surface area contributed by atoms with Gasteiger partial charge in [0.15, 0.2) is 0 Å². The van der Waals surface area contributed by atoms with E-state index in [-0.39, 0.29) is 10.9 Å². The van der Waals surface area contributed by atoms with Gasteiger partial charge in [-0.3, -0.25) is 0 Å². The van der Waals surface area contributed by atoms with Crippen molar-refractivity contribution in [1.29, 1.82) is 0 Å². The van der Waals surface area contributed by atoms with E-state index in [1.165, 1.54) is 16.6 Å². The highest BCUT2D eigenvalue weighted by Gasteiger charge is 2.18. The molecule has 0 aliphatic rings. The van der Waals surface area contributed by atoms with Crippen molar-refractivity contribution in [3.8, 4) is 0 Å². The number of pyridine rings is 1. The second-order valence-corrected chi connectivity index (χ2v) is 8.76. The third-order valence-corrected chi connectivity index (χ3v) is 6.43. The zero-order chi connectivity index (χ0) is 17.7. The molecule has 5 nitrogen and oxygen atoms in total. The van der Waals surface area contributed by atoms with Crippen LogP contribution in [-0.4, -0.2) is 26.5 Å². The van der Waals surface area contributed by atoms with Gasteiger partial charge in [-0.05, 0) is 49.4 Å². The Morgan fingerprint density at radius 1 is 1.33 bits per heavy atom. The van der Waals surface area contributed by atoms with Gasteiger partial charge in [0.25, 0.3) is 0 Å². The third kappa shape index (κ3) is 4.78. The molecule has 0 amide bonds. The Bertz CT molecular complexity index is 754. The minimum Gasteiger partial charge on any atom is -0.355 e. The summed E-state index contributed by atoms with van der Waals surface area (Å²) in [6, 6.07) is 5.38. The fourth-order valence-electron chi connectivity index (χ4n) is 2.44. The highest BCUT2D eigenvalue weighted by molar-refractivity contribution is 7.89. The summed E-state index contributed by atoms with van der Waals surface area (Å²) >= 11 is 1.72. The average molecular weight is 368 g/mol. The van der Waals surface area contributed by atoms with E-state index >= 15 is 0 Å². The van der Waals surface area contributed by atoms with E-state index in [2.05, 4.69) is 28.1 Å². The van der Waals surface area contributed by atoms with Crippen LogP contribution < -0.4 is 9.62 Å². The van der Waals surface area contributed by atoms with Crippen LogP contribution in [0.25, 0.3) is 0 Å². The van der Waals surface area contributed by atoms with E-state index in [1.807, 2.05) is 25.8 Å². The first-order chi connectivity index (χ1) is 11.3. The van der Waals surface area contributed by atoms with Crippen molar-refractivity contribution in [2.24, 2.45) is 0 Å². The Morgan fingerprint density at radius 3 is 2.62 bits per heavy atom. The first-order valence-corrected chi connectivity index (χ1v) is 10.4. The summed E-state index contributed by atoms with van der Waals surface area (Å²) in [6.07, 6.45) is 3.18. The van der Waals surface area contributed by atoms with Crippen molar-refractivity contribution in [1.82, 2.24) is 9.71 Å². The zero-order valence-electron chi connectivity index (χ0n) is 14.6. The number of hydrogen-bond donors (Lipinski definition) is 1. The molecule has 7 heteroatoms. The summed E-state index contributed by atoms with van der Waals surface area (Å²) in [6.45, 7) is 6.76. The van der Waals surface area contributed by atoms with Crippen molar-refractivity contribution in [2.45, 2.75) is 51.1 Å². The van der Waals surface area contributed by atoms with E-state index < -0.39 is 10.0 Å². The highest BCUT2D eigenvalue weighted by atomic mass is 32.2. The number of sulfonamides is 1. The van der Waals surface area contributed by atoms with Crippen LogP contribution in [-0.2, 0) is 16.6 Å². The Morgan fingerprint density at radius 2 is 2.08 bits per heavy atom. The fraction of sp³-hybridized carbons (Fsp3) is 0.471. The molecule has 24 heavy (non-hydrogen) atoms. The predicted molar refractivity (Wildman–Crippen MR) is 100 cm³/mol. The smallest absolute Gasteiger partial charge is 0.242 e. The van der Waals surface area contributed by atoms with Crippen LogP contribution in [0.15, 0.2) is 34.7 Å². The average Bonchev–Trinajstić information content (AvgIpc) is 2.92. The van der Waals surface area contributed by atoms with Crippen molar-refractivity contribution in [3.05, 3.63) is 40.2 Å². The Hall–Kier alpha value is -1.44. The number of thiophene rings is 1. The van der Waals surface area contributed by atoms with Gasteiger partial charge in [-0.2, -0.15) is 0 Å². The van der Waals surface area contributed by atoms with Gasteiger partial charge in [0.1, 0.15) is 10.7 Å². The van der Waals surface area contributed by atoms with Crippen LogP contribution in [0, 0.1) is 6.92 Å². The van der Waals surface area contributed by atoms with Gasteiger partial charge in [0.05, 0.1) is 6.54 Å². The molecule has 2 aromatic rings. The molecule has 2 heterocycles. The molecule has 0 bridgehead atoms. The van der Waals surface area contributed by atoms with Crippen LogP contribution in [0.3, 0.4) is 0 Å². The van der Waals surface area contributed by atoms with E-state index in [4.69, 9.17) is 0 Å². The lowest BCUT2D eigenvalue weighted by Crippen LogP contribution is -2.32. The van der Waals surface area contributed by atoms with Gasteiger partial charge in [0, 0.05) is 24.2 Å². The summed E-state index contributed by atoms with van der Waals surface area (Å²) in [5.74, 6) is 0.753. The van der Waals surface area contributed by atoms with Crippen LogP contribution in [0.1, 0.15) is 37.1 Å². The Balaban J connectivity index is 2.08. The molecule has 0 aromatic carbocycles. The van der Waals surface area contributed by atoms with Gasteiger partial charge in [-0.25, -0.2) is 18.1 Å². The number of nitrogens with one attached hydrogen (secondary N) is 1. The first-order valence-electron chi connectivity index (χ1n) is 8.06. The molecule has 1 atom stereocenters. The maximum Gasteiger partial charge on any atom is 0.242 e. The van der Waals surface area contributed by atoms with Gasteiger partial charge in [-0.1, -0.05) is 13.3 Å². The molecule has 0 radical (unpaired) electrons. The summed E-state index contributed by atoms with van der Waals surface area (Å²) in [5, 5.41) is 2.07. The number of aryl methyl sites for hydroxylation is 1. The van der Waals surface area contributed by atoms with Gasteiger partial charge >= 0.3 is 0 Å². The van der Waals surface area contributed by atoms with E-state index in [0.29, 0.717) is 0 Å². The Kier molecular flexibility index (Phi) is 6.37. The SMILES string of the molecule is CCCC(C)NS(=O)(=O)c1ccc(N(C)Cc2sccc2C)nc1. The van der Waals surface area contributed by atoms with Gasteiger partial charge in [0.2, 0.25) is 10.0 Å². The first kappa shape index (κ1) is 18.9. The number of aromatic nitrogens is 1. The maximum absolute atomic E-state index is 12.3. The maximum atomic E-state index is 12.3. The zero-order valence-corrected chi connectivity index (χ0v) is 16.2. The normalized spacial score (nSPS) is 13.0. The Labute approximate surface area is 148 Å². The van der Waals surface area contributed by atoms with Crippen molar-refractivity contribution in [3.63, 3.8) is 0 Å². The second-order valence-electron chi connectivity index (χ2n) is 6.05.